The van der Waals surface area contributed by atoms with Crippen LogP contribution in [0.15, 0.2) is 23.5 Å². The molecule has 0 N–H and O–H groups in total. The van der Waals surface area contributed by atoms with E-state index in [1.54, 1.807) is 0 Å². The van der Waals surface area contributed by atoms with Crippen molar-refractivity contribution in [1.29, 1.82) is 0 Å². The Bertz CT molecular complexity index is 1090. The van der Waals surface area contributed by atoms with Gasteiger partial charge in [0.1, 0.15) is 0 Å². The van der Waals surface area contributed by atoms with E-state index in [1.807, 2.05) is 26.8 Å². The number of aromatic nitrogens is 3. The molecular formula is C19H17ClF3N3OS. The Kier molecular flexibility index (Phi) is 5.46. The molecule has 0 saturated heterocycles. The van der Waals surface area contributed by atoms with Crippen molar-refractivity contribution in [3.63, 3.8) is 0 Å². The average molecular weight is 428 g/mol. The van der Waals surface area contributed by atoms with Crippen molar-refractivity contribution in [1.82, 2.24) is 14.6 Å². The van der Waals surface area contributed by atoms with Gasteiger partial charge in [0.05, 0.1) is 10.6 Å². The lowest BCUT2D eigenvalue weighted by Gasteiger charge is -2.15. The van der Waals surface area contributed by atoms with Crippen LogP contribution in [0.3, 0.4) is 0 Å². The second-order valence-corrected chi connectivity index (χ2v) is 7.93. The summed E-state index contributed by atoms with van der Waals surface area (Å²) in [6, 6.07) is 2.79. The number of aryl methyl sites for hydroxylation is 2. The van der Waals surface area contributed by atoms with Crippen LogP contribution in [0.25, 0.3) is 5.65 Å². The summed E-state index contributed by atoms with van der Waals surface area (Å²) in [5, 5.41) is 8.07. The van der Waals surface area contributed by atoms with Crippen LogP contribution in [-0.2, 0) is 11.9 Å². The molecule has 0 spiro atoms. The fraction of sp³-hybridized carbons (Fsp3) is 0.316. The van der Waals surface area contributed by atoms with Crippen LogP contribution < -0.4 is 0 Å². The van der Waals surface area contributed by atoms with Crippen molar-refractivity contribution >= 4 is 34.8 Å². The summed E-state index contributed by atoms with van der Waals surface area (Å²) in [7, 11) is 0. The van der Waals surface area contributed by atoms with Crippen LogP contribution >= 0.6 is 23.4 Å². The first kappa shape index (κ1) is 20.7. The predicted octanol–water partition coefficient (Wildman–Crippen LogP) is 5.82. The summed E-state index contributed by atoms with van der Waals surface area (Å²) < 4.78 is 40.5. The highest BCUT2D eigenvalue weighted by Gasteiger charge is 2.32. The first-order valence-electron chi connectivity index (χ1n) is 8.35. The van der Waals surface area contributed by atoms with Gasteiger partial charge in [0.25, 0.3) is 0 Å². The molecule has 0 fully saturated rings. The minimum absolute atomic E-state index is 0.0178. The molecule has 0 aliphatic carbocycles. The topological polar surface area (TPSA) is 47.3 Å². The fourth-order valence-electron chi connectivity index (χ4n) is 3.31. The van der Waals surface area contributed by atoms with E-state index in [-0.39, 0.29) is 16.5 Å². The van der Waals surface area contributed by atoms with E-state index in [9.17, 15) is 18.0 Å². The lowest BCUT2D eigenvalue weighted by Crippen LogP contribution is -2.07. The molecule has 0 amide bonds. The van der Waals surface area contributed by atoms with Crippen molar-refractivity contribution in [3.05, 3.63) is 56.7 Å². The zero-order valence-corrected chi connectivity index (χ0v) is 17.2. The molecule has 3 aromatic rings. The molecule has 0 aliphatic rings. The summed E-state index contributed by atoms with van der Waals surface area (Å²) in [5.41, 5.74) is 3.72. The molecule has 1 aromatic carbocycles. The Morgan fingerprint density at radius 1 is 1.18 bits per heavy atom. The highest BCUT2D eigenvalue weighted by molar-refractivity contribution is 7.98. The summed E-state index contributed by atoms with van der Waals surface area (Å²) in [6.45, 7) is 7.24. The third-order valence-electron chi connectivity index (χ3n) is 4.58. The van der Waals surface area contributed by atoms with Gasteiger partial charge in [0, 0.05) is 17.5 Å². The number of ketones is 1. The first-order valence-corrected chi connectivity index (χ1v) is 9.72. The number of carbonyl (C=O) groups excluding carboxylic acids is 1. The molecule has 0 aliphatic heterocycles. The highest BCUT2D eigenvalue weighted by atomic mass is 35.5. The van der Waals surface area contributed by atoms with Crippen LogP contribution in [0.4, 0.5) is 13.2 Å². The molecule has 0 radical (unpaired) electrons. The number of carbonyl (C=O) groups is 1. The minimum Gasteiger partial charge on any atom is -0.294 e. The van der Waals surface area contributed by atoms with Crippen molar-refractivity contribution in [3.8, 4) is 0 Å². The van der Waals surface area contributed by atoms with E-state index < -0.39 is 11.7 Å². The van der Waals surface area contributed by atoms with Gasteiger partial charge in [0.15, 0.2) is 16.6 Å². The molecule has 0 bridgehead atoms. The van der Waals surface area contributed by atoms with Crippen molar-refractivity contribution < 1.29 is 18.0 Å². The van der Waals surface area contributed by atoms with E-state index in [0.29, 0.717) is 16.5 Å². The second-order valence-electron chi connectivity index (χ2n) is 6.58. The van der Waals surface area contributed by atoms with Gasteiger partial charge in [-0.3, -0.25) is 9.20 Å². The number of benzene rings is 1. The number of halogens is 4. The van der Waals surface area contributed by atoms with E-state index in [2.05, 4.69) is 10.2 Å². The third-order valence-corrected chi connectivity index (χ3v) is 5.83. The lowest BCUT2D eigenvalue weighted by molar-refractivity contribution is -0.137. The standard InChI is InChI=1S/C19H17ClF3N3OS/c1-9-5-10(2)16(12(4)27)11(3)14(9)8-28-18-25-24-17-15(20)6-13(7-26(17)18)19(21,22)23/h5-7H,8H2,1-4H3. The number of alkyl halides is 3. The Morgan fingerprint density at radius 2 is 1.86 bits per heavy atom. The molecule has 28 heavy (non-hydrogen) atoms. The Labute approximate surface area is 169 Å². The maximum absolute atomic E-state index is 13.1. The smallest absolute Gasteiger partial charge is 0.294 e. The number of fused-ring (bicyclic) bond motifs is 1. The number of hydrogen-bond acceptors (Lipinski definition) is 4. The maximum Gasteiger partial charge on any atom is 0.417 e. The Morgan fingerprint density at radius 3 is 2.46 bits per heavy atom. The SMILES string of the molecule is CC(=O)c1c(C)cc(C)c(CSc2nnc3c(Cl)cc(C(F)(F)F)cn23)c1C. The summed E-state index contributed by atoms with van der Waals surface area (Å²) in [6.07, 6.45) is -3.58. The van der Waals surface area contributed by atoms with Gasteiger partial charge < -0.3 is 0 Å². The third kappa shape index (κ3) is 3.75. The predicted molar refractivity (Wildman–Crippen MR) is 103 cm³/mol. The summed E-state index contributed by atoms with van der Waals surface area (Å²) in [4.78, 5) is 12.0. The van der Waals surface area contributed by atoms with E-state index in [4.69, 9.17) is 11.6 Å². The van der Waals surface area contributed by atoms with Crippen molar-refractivity contribution in [2.75, 3.05) is 0 Å². The van der Waals surface area contributed by atoms with Gasteiger partial charge in [0.2, 0.25) is 0 Å². The molecule has 3 rings (SSSR count). The van der Waals surface area contributed by atoms with E-state index in [0.717, 1.165) is 34.5 Å². The van der Waals surface area contributed by atoms with Gasteiger partial charge >= 0.3 is 6.18 Å². The van der Waals surface area contributed by atoms with E-state index >= 15 is 0 Å². The fourth-order valence-corrected chi connectivity index (χ4v) is 4.65. The Balaban J connectivity index is 2.00. The maximum atomic E-state index is 13.1. The van der Waals surface area contributed by atoms with Gasteiger partial charge in [-0.15, -0.1) is 10.2 Å². The molecule has 2 aromatic heterocycles. The summed E-state index contributed by atoms with van der Waals surface area (Å²) in [5.74, 6) is 0.420. The molecule has 4 nitrogen and oxygen atoms in total. The lowest BCUT2D eigenvalue weighted by atomic mass is 9.92. The number of thioether (sulfide) groups is 1. The number of rotatable bonds is 4. The van der Waals surface area contributed by atoms with Crippen molar-refractivity contribution in [2.45, 2.75) is 44.8 Å². The van der Waals surface area contributed by atoms with Gasteiger partial charge in [-0.25, -0.2) is 0 Å². The Hall–Kier alpha value is -2.06. The number of pyridine rings is 1. The van der Waals surface area contributed by atoms with Crippen LogP contribution in [0.2, 0.25) is 5.02 Å². The van der Waals surface area contributed by atoms with Crippen LogP contribution in [0, 0.1) is 20.8 Å². The zero-order chi connectivity index (χ0) is 20.8. The minimum atomic E-state index is -4.52. The number of nitrogens with zero attached hydrogens (tertiary/aromatic N) is 3. The van der Waals surface area contributed by atoms with Gasteiger partial charge in [-0.1, -0.05) is 29.4 Å². The molecule has 2 heterocycles. The monoisotopic (exact) mass is 427 g/mol. The van der Waals surface area contributed by atoms with Gasteiger partial charge in [-0.05, 0) is 56.0 Å². The van der Waals surface area contributed by atoms with Crippen LogP contribution in [0.5, 0.6) is 0 Å². The highest BCUT2D eigenvalue weighted by Crippen LogP contribution is 2.34. The molecular weight excluding hydrogens is 411 g/mol. The largest absolute Gasteiger partial charge is 0.417 e. The van der Waals surface area contributed by atoms with Crippen LogP contribution in [0.1, 0.15) is 45.1 Å². The molecule has 0 atom stereocenters. The quantitative estimate of drug-likeness (QED) is 0.388. The van der Waals surface area contributed by atoms with Crippen LogP contribution in [-0.4, -0.2) is 20.4 Å². The second kappa shape index (κ2) is 7.40. The van der Waals surface area contributed by atoms with E-state index in [1.165, 1.54) is 23.1 Å². The normalized spacial score (nSPS) is 12.0. The van der Waals surface area contributed by atoms with Gasteiger partial charge in [-0.2, -0.15) is 13.2 Å². The van der Waals surface area contributed by atoms with Crippen molar-refractivity contribution in [2.24, 2.45) is 0 Å². The number of hydrogen-bond donors (Lipinski definition) is 0. The molecule has 0 saturated carbocycles. The zero-order valence-electron chi connectivity index (χ0n) is 15.6. The number of Topliss-reactive ketones (excluding diaryl/α,β-unsaturated/α-hetero) is 1. The first-order chi connectivity index (χ1) is 13.0. The average Bonchev–Trinajstić information content (AvgIpc) is 2.96. The molecule has 0 unspecified atom stereocenters. The summed E-state index contributed by atoms with van der Waals surface area (Å²) >= 11 is 7.20. The molecule has 148 valence electrons. The molecule has 9 heteroatoms.